The fraction of sp³-hybridized carbons (Fsp3) is 0.242. The molecule has 1 heterocycles. The first-order valence-electron chi connectivity index (χ1n) is 13.7. The predicted octanol–water partition coefficient (Wildman–Crippen LogP) is 5.44. The number of imidazole rings is 1. The van der Waals surface area contributed by atoms with Crippen LogP contribution in [0.25, 0.3) is 0 Å². The van der Waals surface area contributed by atoms with E-state index in [9.17, 15) is 9.59 Å². The van der Waals surface area contributed by atoms with Gasteiger partial charge in [0, 0.05) is 37.9 Å². The maximum absolute atomic E-state index is 13.0. The minimum absolute atomic E-state index is 0.110. The third kappa shape index (κ3) is 10.8. The molecular weight excluding hydrogens is 516 g/mol. The molecular formula is C33H36N4O4. The molecule has 1 aromatic heterocycles. The summed E-state index contributed by atoms with van der Waals surface area (Å²) in [5.74, 6) is -0.518. The number of alkyl carbamates (subject to hydrolysis) is 1. The van der Waals surface area contributed by atoms with E-state index in [0.29, 0.717) is 6.54 Å². The Kier molecular flexibility index (Phi) is 11.7. The van der Waals surface area contributed by atoms with Crippen molar-refractivity contribution in [3.05, 3.63) is 138 Å². The monoisotopic (exact) mass is 552 g/mol. The van der Waals surface area contributed by atoms with Crippen molar-refractivity contribution in [3.8, 4) is 0 Å². The molecule has 4 rings (SSSR count). The summed E-state index contributed by atoms with van der Waals surface area (Å²) >= 11 is 0. The number of hydrogen-bond donors (Lipinski definition) is 2. The standard InChI is InChI=1S/C33H36N4O4/c38-32(40-24-28-14-6-2-7-15-28)31(36-33(39)41-25-29-16-8-3-9-17-29)18-10-11-20-37(21-19-30-22-34-26-35-30)23-27-12-4-1-5-13-27/h1-17,22,26,31H,18-21,23-25H2,(H,34,35)(H,36,39)/b11-10+/t31-/m0/s1. The average Bonchev–Trinajstić information content (AvgIpc) is 3.54. The number of ether oxygens (including phenoxy) is 2. The van der Waals surface area contributed by atoms with Crippen LogP contribution in [-0.4, -0.2) is 46.1 Å². The van der Waals surface area contributed by atoms with Crippen LogP contribution in [0.15, 0.2) is 116 Å². The van der Waals surface area contributed by atoms with Gasteiger partial charge >= 0.3 is 12.1 Å². The van der Waals surface area contributed by atoms with Crippen LogP contribution in [0.5, 0.6) is 0 Å². The number of nitrogens with zero attached hydrogens (tertiary/aromatic N) is 2. The van der Waals surface area contributed by atoms with Gasteiger partial charge in [-0.05, 0) is 23.1 Å². The van der Waals surface area contributed by atoms with Crippen LogP contribution in [0.3, 0.4) is 0 Å². The van der Waals surface area contributed by atoms with Gasteiger partial charge in [-0.3, -0.25) is 4.90 Å². The first kappa shape index (κ1) is 29.3. The van der Waals surface area contributed by atoms with Crippen LogP contribution in [-0.2, 0) is 40.4 Å². The highest BCUT2D eigenvalue weighted by molar-refractivity contribution is 5.81. The highest BCUT2D eigenvalue weighted by Gasteiger charge is 2.22. The minimum Gasteiger partial charge on any atom is -0.459 e. The summed E-state index contributed by atoms with van der Waals surface area (Å²) in [7, 11) is 0. The zero-order valence-electron chi connectivity index (χ0n) is 23.0. The van der Waals surface area contributed by atoms with Gasteiger partial charge in [-0.15, -0.1) is 0 Å². The first-order chi connectivity index (χ1) is 20.2. The number of aromatic nitrogens is 2. The number of amides is 1. The molecule has 1 amide bonds. The number of hydrogen-bond acceptors (Lipinski definition) is 6. The second-order valence-corrected chi connectivity index (χ2v) is 9.61. The van der Waals surface area contributed by atoms with Crippen molar-refractivity contribution in [2.45, 2.75) is 38.6 Å². The van der Waals surface area contributed by atoms with Gasteiger partial charge in [0.25, 0.3) is 0 Å². The van der Waals surface area contributed by atoms with E-state index < -0.39 is 18.1 Å². The van der Waals surface area contributed by atoms with Crippen LogP contribution < -0.4 is 5.32 Å². The van der Waals surface area contributed by atoms with E-state index in [-0.39, 0.29) is 19.6 Å². The second kappa shape index (κ2) is 16.4. The molecule has 0 radical (unpaired) electrons. The zero-order valence-corrected chi connectivity index (χ0v) is 23.0. The fourth-order valence-corrected chi connectivity index (χ4v) is 4.18. The summed E-state index contributed by atoms with van der Waals surface area (Å²) in [4.78, 5) is 35.1. The Morgan fingerprint density at radius 1 is 0.829 bits per heavy atom. The maximum Gasteiger partial charge on any atom is 0.408 e. The summed E-state index contributed by atoms with van der Waals surface area (Å²) in [5.41, 5.74) is 4.03. The predicted molar refractivity (Wildman–Crippen MR) is 158 cm³/mol. The highest BCUT2D eigenvalue weighted by Crippen LogP contribution is 2.09. The third-order valence-electron chi connectivity index (χ3n) is 6.42. The Morgan fingerprint density at radius 3 is 2.05 bits per heavy atom. The minimum atomic E-state index is -0.884. The molecule has 8 nitrogen and oxygen atoms in total. The molecule has 4 aromatic rings. The number of H-pyrrole nitrogens is 1. The van der Waals surface area contributed by atoms with Crippen molar-refractivity contribution < 1.29 is 19.1 Å². The van der Waals surface area contributed by atoms with Crippen molar-refractivity contribution in [2.75, 3.05) is 13.1 Å². The van der Waals surface area contributed by atoms with E-state index in [1.807, 2.05) is 97.2 Å². The summed E-state index contributed by atoms with van der Waals surface area (Å²) < 4.78 is 10.9. The summed E-state index contributed by atoms with van der Waals surface area (Å²) in [6.45, 7) is 2.52. The summed E-state index contributed by atoms with van der Waals surface area (Å²) in [5, 5.41) is 2.68. The van der Waals surface area contributed by atoms with Crippen molar-refractivity contribution in [1.29, 1.82) is 0 Å². The molecule has 0 aliphatic rings. The number of benzene rings is 3. The highest BCUT2D eigenvalue weighted by atomic mass is 16.6. The van der Waals surface area contributed by atoms with Gasteiger partial charge in [0.2, 0.25) is 0 Å². The van der Waals surface area contributed by atoms with Crippen LogP contribution in [0.1, 0.15) is 28.8 Å². The van der Waals surface area contributed by atoms with E-state index in [4.69, 9.17) is 9.47 Å². The fourth-order valence-electron chi connectivity index (χ4n) is 4.18. The molecule has 0 saturated carbocycles. The Bertz CT molecular complexity index is 1330. The van der Waals surface area contributed by atoms with Crippen molar-refractivity contribution in [1.82, 2.24) is 20.2 Å². The van der Waals surface area contributed by atoms with Crippen LogP contribution in [0.2, 0.25) is 0 Å². The van der Waals surface area contributed by atoms with E-state index >= 15 is 0 Å². The zero-order chi connectivity index (χ0) is 28.5. The number of rotatable bonds is 15. The molecule has 0 saturated heterocycles. The van der Waals surface area contributed by atoms with Gasteiger partial charge in [0.1, 0.15) is 19.3 Å². The van der Waals surface area contributed by atoms with Crippen molar-refractivity contribution in [3.63, 3.8) is 0 Å². The molecule has 1 atom stereocenters. The average molecular weight is 553 g/mol. The SMILES string of the molecule is O=C(N[C@@H](C/C=C/CN(CCc1cnc[nH]1)Cc1ccccc1)C(=O)OCc1ccccc1)OCc1ccccc1. The van der Waals surface area contributed by atoms with E-state index in [2.05, 4.69) is 32.3 Å². The molecule has 8 heteroatoms. The summed E-state index contributed by atoms with van der Waals surface area (Å²) in [6.07, 6.45) is 7.88. The van der Waals surface area contributed by atoms with Gasteiger partial charge in [0.15, 0.2) is 0 Å². The quantitative estimate of drug-likeness (QED) is 0.151. The third-order valence-corrected chi connectivity index (χ3v) is 6.42. The van der Waals surface area contributed by atoms with E-state index in [0.717, 1.165) is 36.3 Å². The lowest BCUT2D eigenvalue weighted by molar-refractivity contribution is -0.147. The first-order valence-corrected chi connectivity index (χ1v) is 13.7. The molecule has 2 N–H and O–H groups in total. The van der Waals surface area contributed by atoms with Gasteiger partial charge in [-0.25, -0.2) is 14.6 Å². The molecule has 0 aliphatic carbocycles. The Morgan fingerprint density at radius 2 is 1.44 bits per heavy atom. The van der Waals surface area contributed by atoms with Gasteiger partial charge in [0.05, 0.1) is 6.33 Å². The number of esters is 1. The molecule has 41 heavy (non-hydrogen) atoms. The normalized spacial score (nSPS) is 11.8. The lowest BCUT2D eigenvalue weighted by Gasteiger charge is -2.21. The Labute approximate surface area is 241 Å². The van der Waals surface area contributed by atoms with Gasteiger partial charge < -0.3 is 19.8 Å². The lowest BCUT2D eigenvalue weighted by atomic mass is 10.1. The molecule has 0 spiro atoms. The Hall–Kier alpha value is -4.69. The summed E-state index contributed by atoms with van der Waals surface area (Å²) in [6, 6.07) is 28.2. The topological polar surface area (TPSA) is 96.6 Å². The Balaban J connectivity index is 1.35. The largest absolute Gasteiger partial charge is 0.459 e. The number of aromatic amines is 1. The van der Waals surface area contributed by atoms with Crippen LogP contribution in [0, 0.1) is 0 Å². The smallest absolute Gasteiger partial charge is 0.408 e. The van der Waals surface area contributed by atoms with E-state index in [1.54, 1.807) is 6.33 Å². The van der Waals surface area contributed by atoms with Gasteiger partial charge in [-0.2, -0.15) is 0 Å². The van der Waals surface area contributed by atoms with E-state index in [1.165, 1.54) is 5.56 Å². The number of carbonyl (C=O) groups is 2. The molecule has 3 aromatic carbocycles. The van der Waals surface area contributed by atoms with Gasteiger partial charge in [-0.1, -0.05) is 103 Å². The number of nitrogens with one attached hydrogen (secondary N) is 2. The molecule has 0 unspecified atom stereocenters. The second-order valence-electron chi connectivity index (χ2n) is 9.61. The van der Waals surface area contributed by atoms with Crippen molar-refractivity contribution in [2.24, 2.45) is 0 Å². The maximum atomic E-state index is 13.0. The lowest BCUT2D eigenvalue weighted by Crippen LogP contribution is -2.41. The van der Waals surface area contributed by atoms with Crippen LogP contribution in [0.4, 0.5) is 4.79 Å². The number of carbonyl (C=O) groups excluding carboxylic acids is 2. The molecule has 0 fully saturated rings. The molecule has 212 valence electrons. The molecule has 0 bridgehead atoms. The van der Waals surface area contributed by atoms with Crippen LogP contribution >= 0.6 is 0 Å². The van der Waals surface area contributed by atoms with Crippen molar-refractivity contribution >= 4 is 12.1 Å². The molecule has 0 aliphatic heterocycles.